The molecule has 0 unspecified atom stereocenters. The minimum absolute atomic E-state index is 0.795. The van der Waals surface area contributed by atoms with Gasteiger partial charge in [-0.3, -0.25) is 8.69 Å². The van der Waals surface area contributed by atoms with Gasteiger partial charge in [0, 0.05) is 12.8 Å². The molecular weight excluding hydrogens is 453 g/mol. The predicted octanol–water partition coefficient (Wildman–Crippen LogP) is 4.90. The molecule has 0 aromatic carbocycles. The Hall–Kier alpha value is -1.25. The topological polar surface area (TPSA) is 85.5 Å². The minimum Gasteiger partial charge on any atom is -0.379 e. The van der Waals surface area contributed by atoms with Gasteiger partial charge >= 0.3 is 0 Å². The van der Waals surface area contributed by atoms with Crippen molar-refractivity contribution in [2.45, 2.75) is 97.8 Å². The van der Waals surface area contributed by atoms with Crippen molar-refractivity contribution in [3.63, 3.8) is 0 Å². The molecule has 8 nitrogen and oxygen atoms in total. The van der Waals surface area contributed by atoms with Crippen molar-refractivity contribution in [2.75, 3.05) is 9.96 Å². The van der Waals surface area contributed by atoms with Crippen LogP contribution in [-0.2, 0) is 12.8 Å². The fraction of sp³-hybridized carbons (Fsp3) is 0.789. The molecule has 0 atom stereocenters. The highest BCUT2D eigenvalue weighted by atomic mass is 28.3. The molecule has 0 amide bonds. The second-order valence-electron chi connectivity index (χ2n) is 12.5. The van der Waals surface area contributed by atoms with Crippen LogP contribution in [0.5, 0.6) is 0 Å². The van der Waals surface area contributed by atoms with E-state index in [1.165, 1.54) is 0 Å². The van der Waals surface area contributed by atoms with Crippen molar-refractivity contribution in [3.05, 3.63) is 11.6 Å². The van der Waals surface area contributed by atoms with Crippen LogP contribution < -0.4 is 9.96 Å². The molecule has 31 heavy (non-hydrogen) atoms. The van der Waals surface area contributed by atoms with Gasteiger partial charge in [0.05, 0.1) is 0 Å². The fourth-order valence-corrected chi connectivity index (χ4v) is 7.48. The van der Waals surface area contributed by atoms with Gasteiger partial charge in [0.25, 0.3) is 0 Å². The van der Waals surface area contributed by atoms with Crippen LogP contribution >= 0.6 is 0 Å². The molecule has 0 aliphatic heterocycles. The number of nitrogens with zero attached hydrogens (tertiary/aromatic N) is 6. The highest BCUT2D eigenvalue weighted by Gasteiger charge is 2.27. The second kappa shape index (κ2) is 8.94. The summed E-state index contributed by atoms with van der Waals surface area (Å²) >= 11 is 0. The Balaban J connectivity index is 2.21. The molecule has 0 saturated heterocycles. The van der Waals surface area contributed by atoms with Crippen LogP contribution in [-0.4, -0.2) is 61.8 Å². The molecule has 0 aliphatic rings. The van der Waals surface area contributed by atoms with E-state index in [4.69, 9.17) is 20.2 Å². The summed E-state index contributed by atoms with van der Waals surface area (Å²) in [7, 11) is -6.26. The first-order chi connectivity index (χ1) is 13.9. The zero-order valence-electron chi connectivity index (χ0n) is 21.8. The summed E-state index contributed by atoms with van der Waals surface area (Å²) in [5.74, 6) is 3.78. The Kier molecular flexibility index (Phi) is 7.50. The normalized spacial score (nSPS) is 13.5. The molecule has 0 spiro atoms. The lowest BCUT2D eigenvalue weighted by Gasteiger charge is -2.20. The van der Waals surface area contributed by atoms with E-state index in [2.05, 4.69) is 97.2 Å². The van der Waals surface area contributed by atoms with E-state index >= 15 is 0 Å². The average molecular weight is 497 g/mol. The summed E-state index contributed by atoms with van der Waals surface area (Å²) in [6.07, 6.45) is 2.80. The van der Waals surface area contributed by atoms with Gasteiger partial charge in [0.15, 0.2) is 16.5 Å². The third-order valence-electron chi connectivity index (χ3n) is 4.39. The number of rotatable bonds is 10. The monoisotopic (exact) mass is 496 g/mol. The molecule has 0 radical (unpaired) electrons. The maximum absolute atomic E-state index is 4.89. The summed E-state index contributed by atoms with van der Waals surface area (Å²) in [5.41, 5.74) is 0. The van der Waals surface area contributed by atoms with E-state index in [0.29, 0.717) is 0 Å². The number of hydrogen-bond donors (Lipinski definition) is 2. The maximum atomic E-state index is 4.89. The van der Waals surface area contributed by atoms with Crippen molar-refractivity contribution in [1.29, 1.82) is 0 Å². The Morgan fingerprint density at radius 2 is 0.903 bits per heavy atom. The molecule has 2 rings (SSSR count). The molecule has 176 valence electrons. The van der Waals surface area contributed by atoms with Gasteiger partial charge in [-0.25, -0.2) is 0 Å². The Morgan fingerprint density at radius 3 is 1.16 bits per heavy atom. The van der Waals surface area contributed by atoms with Gasteiger partial charge in [-0.15, -0.1) is 10.2 Å². The first-order valence-corrected chi connectivity index (χ1v) is 25.2. The smallest absolute Gasteiger partial charge is 0.233 e. The third kappa shape index (κ3) is 7.99. The lowest BCUT2D eigenvalue weighted by molar-refractivity contribution is 0.706. The molecular formula is C19H44N8Si4. The predicted molar refractivity (Wildman–Crippen MR) is 143 cm³/mol. The summed E-state index contributed by atoms with van der Waals surface area (Å²) in [4.78, 5) is 16.9. The van der Waals surface area contributed by atoms with Gasteiger partial charge in [-0.1, -0.05) is 39.3 Å². The number of hydrogen-bond acceptors (Lipinski definition) is 6. The summed E-state index contributed by atoms with van der Waals surface area (Å²) in [5, 5.41) is 9.71. The number of anilines is 2. The van der Waals surface area contributed by atoms with Crippen LogP contribution in [0.4, 0.5) is 11.9 Å². The standard InChI is InChI=1S/C19H44N8Si4/c1-28(2,3)24-18-20-16(26(22-18)30(7,8)9)14-13-15-17-21-19(25-29(4,5)6)23-27(17)31(10,11)12/h13-15H2,1-12H3,(H,22,24)(H,23,25). The lowest BCUT2D eigenvalue weighted by Crippen LogP contribution is -2.36. The van der Waals surface area contributed by atoms with E-state index in [1.807, 2.05) is 0 Å². The van der Waals surface area contributed by atoms with E-state index in [1.54, 1.807) is 0 Å². The van der Waals surface area contributed by atoms with E-state index in [9.17, 15) is 0 Å². The second-order valence-corrected chi connectivity index (χ2v) is 31.5. The third-order valence-corrected chi connectivity index (χ3v) is 9.60. The highest BCUT2D eigenvalue weighted by molar-refractivity contribution is 6.79. The van der Waals surface area contributed by atoms with Crippen LogP contribution in [0.15, 0.2) is 0 Å². The van der Waals surface area contributed by atoms with Crippen LogP contribution in [0.2, 0.25) is 78.6 Å². The van der Waals surface area contributed by atoms with Gasteiger partial charge in [0.2, 0.25) is 11.9 Å². The molecule has 0 bridgehead atoms. The first-order valence-electron chi connectivity index (χ1n) is 11.3. The minimum atomic E-state index is -1.64. The number of aromatic nitrogens is 6. The molecule has 2 heterocycles. The molecule has 2 aromatic rings. The zero-order chi connectivity index (χ0) is 23.8. The summed E-state index contributed by atoms with van der Waals surface area (Å²) in [6, 6.07) is 0. The van der Waals surface area contributed by atoms with Crippen molar-refractivity contribution in [1.82, 2.24) is 28.9 Å². The molecule has 2 aromatic heterocycles. The van der Waals surface area contributed by atoms with Crippen LogP contribution in [0.1, 0.15) is 18.1 Å². The van der Waals surface area contributed by atoms with Gasteiger partial charge in [0.1, 0.15) is 28.1 Å². The molecule has 0 fully saturated rings. The van der Waals surface area contributed by atoms with Gasteiger partial charge in [-0.05, 0) is 45.7 Å². The largest absolute Gasteiger partial charge is 0.379 e. The number of aryl methyl sites for hydroxylation is 2. The lowest BCUT2D eigenvalue weighted by atomic mass is 10.2. The van der Waals surface area contributed by atoms with Crippen molar-refractivity contribution in [2.24, 2.45) is 0 Å². The molecule has 12 heteroatoms. The average Bonchev–Trinajstić information content (AvgIpc) is 3.07. The van der Waals surface area contributed by atoms with Crippen molar-refractivity contribution >= 4 is 44.8 Å². The Labute approximate surface area is 193 Å². The van der Waals surface area contributed by atoms with Gasteiger partial charge in [-0.2, -0.15) is 9.97 Å². The molecule has 0 aliphatic carbocycles. The van der Waals surface area contributed by atoms with Crippen molar-refractivity contribution in [3.8, 4) is 0 Å². The zero-order valence-corrected chi connectivity index (χ0v) is 25.8. The maximum Gasteiger partial charge on any atom is 0.233 e. The molecule has 0 saturated carbocycles. The Bertz CT molecular complexity index is 807. The SMILES string of the molecule is C[Si](C)(C)Nc1nc(CCCc2nc(N[Si](C)(C)C)nn2[Si](C)(C)C)n([Si](C)(C)C)n1. The highest BCUT2D eigenvalue weighted by Crippen LogP contribution is 2.19. The van der Waals surface area contributed by atoms with E-state index < -0.39 is 32.9 Å². The van der Waals surface area contributed by atoms with Crippen LogP contribution in [0, 0.1) is 0 Å². The van der Waals surface area contributed by atoms with Crippen LogP contribution in [0.3, 0.4) is 0 Å². The quantitative estimate of drug-likeness (QED) is 0.455. The van der Waals surface area contributed by atoms with Crippen molar-refractivity contribution < 1.29 is 0 Å². The fourth-order valence-electron chi connectivity index (χ4n) is 3.27. The summed E-state index contributed by atoms with van der Waals surface area (Å²) in [6.45, 7) is 27.6. The Morgan fingerprint density at radius 1 is 0.581 bits per heavy atom. The first kappa shape index (κ1) is 26.0. The van der Waals surface area contributed by atoms with E-state index in [0.717, 1.165) is 42.8 Å². The summed E-state index contributed by atoms with van der Waals surface area (Å²) < 4.78 is 4.44. The van der Waals surface area contributed by atoms with Gasteiger partial charge < -0.3 is 9.96 Å². The van der Waals surface area contributed by atoms with E-state index in [-0.39, 0.29) is 0 Å². The van der Waals surface area contributed by atoms with Crippen LogP contribution in [0.25, 0.3) is 0 Å². The molecule has 2 N–H and O–H groups in total. The number of nitrogens with one attached hydrogen (secondary N) is 2.